The van der Waals surface area contributed by atoms with Crippen LogP contribution in [0.15, 0.2) is 290 Å². The molecule has 0 aliphatic rings. The van der Waals surface area contributed by atoms with Gasteiger partial charge in [-0.3, -0.25) is 0 Å². The van der Waals surface area contributed by atoms with E-state index >= 15 is 0 Å². The fourth-order valence-corrected chi connectivity index (χ4v) is 10.1. The van der Waals surface area contributed by atoms with Crippen LogP contribution in [0.25, 0.3) is 83.7 Å². The molecule has 350 valence electrons. The largest absolute Gasteiger partial charge is 0.334 e. The van der Waals surface area contributed by atoms with Gasteiger partial charge in [0.05, 0.1) is 11.0 Å². The third-order valence-corrected chi connectivity index (χ3v) is 13.8. The summed E-state index contributed by atoms with van der Waals surface area (Å²) in [6.45, 7) is 0. The highest BCUT2D eigenvalue weighted by Gasteiger charge is 2.18. The van der Waals surface area contributed by atoms with Crippen LogP contribution in [0.1, 0.15) is 0 Å². The molecule has 0 atom stereocenters. The predicted molar refractivity (Wildman–Crippen MR) is 305 cm³/mol. The Balaban J connectivity index is 0.867. The van der Waals surface area contributed by atoms with E-state index in [-0.39, 0.29) is 0 Å². The van der Waals surface area contributed by atoms with Crippen molar-refractivity contribution in [3.05, 3.63) is 285 Å². The first-order valence-electron chi connectivity index (χ1n) is 24.9. The first-order valence-corrected chi connectivity index (χ1v) is 24.9. The molecule has 0 saturated heterocycles. The van der Waals surface area contributed by atoms with E-state index in [0.29, 0.717) is 11.7 Å². The van der Waals surface area contributed by atoms with Crippen molar-refractivity contribution in [1.82, 2.24) is 14.7 Å². The van der Waals surface area contributed by atoms with Gasteiger partial charge in [-0.15, -0.1) is 0 Å². The number of hydrogen-bond acceptors (Lipinski definition) is 5. The van der Waals surface area contributed by atoms with Gasteiger partial charge in [0.2, 0.25) is 5.82 Å². The molecule has 0 spiro atoms. The normalized spacial score (nSPS) is 11.2. The first-order chi connectivity index (χ1) is 36.7. The van der Waals surface area contributed by atoms with E-state index in [4.69, 9.17) is 4.52 Å². The average molecular weight is 950 g/mol. The maximum atomic E-state index is 5.60. The smallest absolute Gasteiger partial charge is 0.258 e. The van der Waals surface area contributed by atoms with Gasteiger partial charge < -0.3 is 18.9 Å². The zero-order valence-electron chi connectivity index (χ0n) is 40.3. The predicted octanol–water partition coefficient (Wildman–Crippen LogP) is 18.4. The van der Waals surface area contributed by atoms with Crippen LogP contribution in [0.5, 0.6) is 0 Å². The van der Waals surface area contributed by atoms with Crippen LogP contribution in [0.4, 0.5) is 34.1 Å². The molecule has 11 aromatic carbocycles. The highest BCUT2D eigenvalue weighted by atomic mass is 16.5. The number of nitrogens with zero attached hydrogens (tertiary/aromatic N) is 5. The molecule has 13 aromatic rings. The topological polar surface area (TPSA) is 50.3 Å². The van der Waals surface area contributed by atoms with Crippen LogP contribution in [0.3, 0.4) is 0 Å². The molecular formula is C68H47N5O. The number of aromatic nitrogens is 3. The maximum absolute atomic E-state index is 5.60. The van der Waals surface area contributed by atoms with Gasteiger partial charge in [-0.05, 0) is 155 Å². The van der Waals surface area contributed by atoms with E-state index in [0.717, 1.165) is 95.4 Å². The van der Waals surface area contributed by atoms with Gasteiger partial charge in [0.1, 0.15) is 0 Å². The molecule has 0 N–H and O–H groups in total. The lowest BCUT2D eigenvalue weighted by molar-refractivity contribution is 0.432. The maximum Gasteiger partial charge on any atom is 0.258 e. The molecule has 2 aromatic heterocycles. The fourth-order valence-electron chi connectivity index (χ4n) is 10.1. The molecule has 2 heterocycles. The number of anilines is 6. The molecule has 6 nitrogen and oxygen atoms in total. The third kappa shape index (κ3) is 8.46. The number of para-hydroxylation sites is 4. The van der Waals surface area contributed by atoms with Crippen LogP contribution in [0.2, 0.25) is 0 Å². The Morgan fingerprint density at radius 2 is 0.608 bits per heavy atom. The van der Waals surface area contributed by atoms with Crippen LogP contribution in [0, 0.1) is 0 Å². The molecule has 0 unspecified atom stereocenters. The van der Waals surface area contributed by atoms with Crippen molar-refractivity contribution < 1.29 is 4.52 Å². The van der Waals surface area contributed by atoms with Crippen molar-refractivity contribution in [2.45, 2.75) is 0 Å². The second-order valence-electron chi connectivity index (χ2n) is 18.3. The van der Waals surface area contributed by atoms with E-state index < -0.39 is 0 Å². The summed E-state index contributed by atoms with van der Waals surface area (Å²) >= 11 is 0. The van der Waals surface area contributed by atoms with Gasteiger partial charge >= 0.3 is 0 Å². The first kappa shape index (κ1) is 43.9. The summed E-state index contributed by atoms with van der Waals surface area (Å²) in [5, 5.41) is 6.64. The van der Waals surface area contributed by atoms with Gasteiger partial charge in [0, 0.05) is 61.7 Å². The van der Waals surface area contributed by atoms with Crippen molar-refractivity contribution in [1.29, 1.82) is 0 Å². The van der Waals surface area contributed by atoms with Gasteiger partial charge in [-0.1, -0.05) is 169 Å². The summed E-state index contributed by atoms with van der Waals surface area (Å²) in [7, 11) is 0. The lowest BCUT2D eigenvalue weighted by Gasteiger charge is -2.25. The Labute approximate surface area is 429 Å². The molecule has 0 aliphatic carbocycles. The van der Waals surface area contributed by atoms with Crippen LogP contribution in [-0.4, -0.2) is 14.7 Å². The zero-order chi connectivity index (χ0) is 49.2. The van der Waals surface area contributed by atoms with Crippen molar-refractivity contribution in [3.63, 3.8) is 0 Å². The molecule has 0 aliphatic heterocycles. The monoisotopic (exact) mass is 949 g/mol. The van der Waals surface area contributed by atoms with Gasteiger partial charge in [0.15, 0.2) is 0 Å². The van der Waals surface area contributed by atoms with E-state index in [1.807, 2.05) is 30.3 Å². The van der Waals surface area contributed by atoms with Crippen molar-refractivity contribution in [2.24, 2.45) is 0 Å². The minimum Gasteiger partial charge on any atom is -0.334 e. The quantitative estimate of drug-likeness (QED) is 0.122. The zero-order valence-corrected chi connectivity index (χ0v) is 40.3. The van der Waals surface area contributed by atoms with Crippen molar-refractivity contribution >= 4 is 55.9 Å². The number of rotatable bonds is 12. The SMILES string of the molecule is c1ccc(-c2nc(-c3ccc(-c4ccc(-n5c6ccc(-c7ccc(N(c8ccccc8)c8ccccc8)cc7)cc6c6cc(-c7ccc(N(c8ccccc8)c8ccccc8)cc7)ccc65)cc4)cc3)no2)cc1. The molecule has 0 amide bonds. The van der Waals surface area contributed by atoms with E-state index in [1.165, 1.54) is 10.8 Å². The van der Waals surface area contributed by atoms with Crippen molar-refractivity contribution in [2.75, 3.05) is 9.80 Å². The third-order valence-electron chi connectivity index (χ3n) is 13.8. The Kier molecular flexibility index (Phi) is 11.4. The molecule has 74 heavy (non-hydrogen) atoms. The average Bonchev–Trinajstić information content (AvgIpc) is 4.11. The fraction of sp³-hybridized carbons (Fsp3) is 0. The second-order valence-corrected chi connectivity index (χ2v) is 18.3. The summed E-state index contributed by atoms with van der Waals surface area (Å²) in [6, 6.07) is 101. The van der Waals surface area contributed by atoms with Crippen molar-refractivity contribution in [3.8, 4) is 61.9 Å². The Bertz CT molecular complexity index is 3750. The highest BCUT2D eigenvalue weighted by Crippen LogP contribution is 2.41. The second kappa shape index (κ2) is 19.3. The number of benzene rings is 11. The summed E-state index contributed by atoms with van der Waals surface area (Å²) in [5.41, 5.74) is 18.6. The Morgan fingerprint density at radius 3 is 1.03 bits per heavy atom. The van der Waals surface area contributed by atoms with Gasteiger partial charge in [0.25, 0.3) is 5.89 Å². The highest BCUT2D eigenvalue weighted by molar-refractivity contribution is 6.11. The van der Waals surface area contributed by atoms with Gasteiger partial charge in [-0.25, -0.2) is 0 Å². The molecular weight excluding hydrogens is 903 g/mol. The lowest BCUT2D eigenvalue weighted by Crippen LogP contribution is -2.09. The van der Waals surface area contributed by atoms with E-state index in [2.05, 4.69) is 279 Å². The van der Waals surface area contributed by atoms with Crippen LogP contribution >= 0.6 is 0 Å². The Morgan fingerprint density at radius 1 is 0.284 bits per heavy atom. The molecule has 0 saturated carbocycles. The molecule has 13 rings (SSSR count). The molecule has 6 heteroatoms. The number of hydrogen-bond donors (Lipinski definition) is 0. The van der Waals surface area contributed by atoms with E-state index in [9.17, 15) is 0 Å². The lowest BCUT2D eigenvalue weighted by atomic mass is 9.99. The molecule has 0 bridgehead atoms. The minimum absolute atomic E-state index is 0.505. The summed E-state index contributed by atoms with van der Waals surface area (Å²) in [5.74, 6) is 1.07. The minimum atomic E-state index is 0.505. The standard InChI is InChI=1S/C68H47N5O/c1-6-16-53(17-7-1)68-69-67(70-74-68)52-28-26-48(27-29-52)49-30-42-62(43-31-49)73-65-44-36-54(50-32-38-60(39-33-50)71(56-18-8-2-9-19-56)57-20-10-3-11-21-57)46-63(65)64-47-55(37-45-66(64)73)51-34-40-61(41-35-51)72(58-22-12-4-13-23-58)59-24-14-5-15-25-59/h1-47H. The van der Waals surface area contributed by atoms with E-state index in [1.54, 1.807) is 0 Å². The Hall–Kier alpha value is -10.0. The molecule has 0 radical (unpaired) electrons. The number of fused-ring (bicyclic) bond motifs is 3. The van der Waals surface area contributed by atoms with Gasteiger partial charge in [-0.2, -0.15) is 4.98 Å². The summed E-state index contributed by atoms with van der Waals surface area (Å²) in [4.78, 5) is 9.26. The van der Waals surface area contributed by atoms with Crippen LogP contribution in [-0.2, 0) is 0 Å². The molecule has 0 fully saturated rings. The van der Waals surface area contributed by atoms with Crippen LogP contribution < -0.4 is 9.80 Å². The summed E-state index contributed by atoms with van der Waals surface area (Å²) < 4.78 is 8.00. The summed E-state index contributed by atoms with van der Waals surface area (Å²) in [6.07, 6.45) is 0.